The second-order valence-corrected chi connectivity index (χ2v) is 5.35. The highest BCUT2D eigenvalue weighted by molar-refractivity contribution is 6.34. The van der Waals surface area contributed by atoms with Crippen molar-refractivity contribution >= 4 is 23.0 Å². The number of aryl methyl sites for hydroxylation is 1. The van der Waals surface area contributed by atoms with Crippen LogP contribution in [0.15, 0.2) is 30.6 Å². The summed E-state index contributed by atoms with van der Waals surface area (Å²) in [5.41, 5.74) is 1.94. The number of hydrogen-bond acceptors (Lipinski definition) is 3. The molecule has 5 heteroatoms. The minimum Gasteiger partial charge on any atom is -0.380 e. The van der Waals surface area contributed by atoms with E-state index in [1.165, 1.54) is 0 Å². The molecule has 0 fully saturated rings. The van der Waals surface area contributed by atoms with Gasteiger partial charge in [-0.05, 0) is 32.9 Å². The van der Waals surface area contributed by atoms with Crippen molar-refractivity contribution < 1.29 is 0 Å². The fraction of sp³-hybridized carbons (Fsp3) is 0.400. The third-order valence-corrected chi connectivity index (χ3v) is 3.34. The van der Waals surface area contributed by atoms with Gasteiger partial charge in [-0.3, -0.25) is 0 Å². The van der Waals surface area contributed by atoms with E-state index < -0.39 is 0 Å². The Morgan fingerprint density at radius 2 is 2.15 bits per heavy atom. The van der Waals surface area contributed by atoms with Gasteiger partial charge in [0.1, 0.15) is 5.82 Å². The summed E-state index contributed by atoms with van der Waals surface area (Å²) in [5, 5.41) is 7.51. The quantitative estimate of drug-likeness (QED) is 0.846. The van der Waals surface area contributed by atoms with Gasteiger partial charge >= 0.3 is 0 Å². The molecular weight excluding hydrogens is 272 g/mol. The average molecular weight is 293 g/mol. The number of hydrogen-bond donors (Lipinski definition) is 2. The number of imidazole rings is 1. The number of nitrogens with one attached hydrogen (secondary N) is 2. The van der Waals surface area contributed by atoms with E-state index >= 15 is 0 Å². The smallest absolute Gasteiger partial charge is 0.128 e. The number of anilines is 2. The van der Waals surface area contributed by atoms with Crippen molar-refractivity contribution in [3.63, 3.8) is 0 Å². The fourth-order valence-electron chi connectivity index (χ4n) is 2.08. The first kappa shape index (κ1) is 14.7. The van der Waals surface area contributed by atoms with Crippen LogP contribution in [0.4, 0.5) is 11.4 Å². The van der Waals surface area contributed by atoms with Gasteiger partial charge in [0.2, 0.25) is 0 Å². The molecule has 0 saturated carbocycles. The van der Waals surface area contributed by atoms with Crippen molar-refractivity contribution in [3.05, 3.63) is 41.4 Å². The standard InChI is InChI=1S/C15H21ClN4/c1-4-20-9-8-17-14(20)10-18-13-7-5-6-12(16)15(13)19-11(2)3/h5-9,11,18-19H,4,10H2,1-3H3. The third kappa shape index (κ3) is 3.45. The van der Waals surface area contributed by atoms with Crippen molar-refractivity contribution in [2.24, 2.45) is 0 Å². The summed E-state index contributed by atoms with van der Waals surface area (Å²) in [7, 11) is 0. The first-order valence-corrected chi connectivity index (χ1v) is 7.28. The molecule has 0 spiro atoms. The Morgan fingerprint density at radius 3 is 2.85 bits per heavy atom. The summed E-state index contributed by atoms with van der Waals surface area (Å²) in [6.07, 6.45) is 3.81. The molecule has 0 aliphatic rings. The SMILES string of the molecule is CCn1ccnc1CNc1cccc(Cl)c1NC(C)C. The van der Waals surface area contributed by atoms with Crippen LogP contribution in [0.3, 0.4) is 0 Å². The largest absolute Gasteiger partial charge is 0.380 e. The zero-order valence-electron chi connectivity index (χ0n) is 12.2. The van der Waals surface area contributed by atoms with Crippen LogP contribution in [0.25, 0.3) is 0 Å². The van der Waals surface area contributed by atoms with E-state index in [1.807, 2.05) is 30.6 Å². The van der Waals surface area contributed by atoms with Crippen LogP contribution in [0.2, 0.25) is 5.02 Å². The molecule has 0 amide bonds. The predicted molar refractivity (Wildman–Crippen MR) is 85.4 cm³/mol. The molecular formula is C15H21ClN4. The number of halogens is 1. The van der Waals surface area contributed by atoms with Gasteiger partial charge in [0.25, 0.3) is 0 Å². The van der Waals surface area contributed by atoms with Crippen molar-refractivity contribution in [1.29, 1.82) is 0 Å². The van der Waals surface area contributed by atoms with E-state index in [0.717, 1.165) is 28.8 Å². The second kappa shape index (κ2) is 6.66. The Balaban J connectivity index is 2.15. The molecule has 0 saturated heterocycles. The molecule has 1 aromatic carbocycles. The molecule has 1 aromatic heterocycles. The van der Waals surface area contributed by atoms with Crippen LogP contribution in [-0.4, -0.2) is 15.6 Å². The molecule has 0 unspecified atom stereocenters. The van der Waals surface area contributed by atoms with Crippen molar-refractivity contribution in [3.8, 4) is 0 Å². The summed E-state index contributed by atoms with van der Waals surface area (Å²) in [5.74, 6) is 1.02. The van der Waals surface area contributed by atoms with Crippen LogP contribution in [0.5, 0.6) is 0 Å². The predicted octanol–water partition coefficient (Wildman–Crippen LogP) is 3.99. The number of benzene rings is 1. The topological polar surface area (TPSA) is 41.9 Å². The van der Waals surface area contributed by atoms with Gasteiger partial charge in [-0.1, -0.05) is 17.7 Å². The van der Waals surface area contributed by atoms with E-state index in [1.54, 1.807) is 0 Å². The van der Waals surface area contributed by atoms with E-state index in [9.17, 15) is 0 Å². The van der Waals surface area contributed by atoms with E-state index in [2.05, 4.69) is 41.0 Å². The normalized spacial score (nSPS) is 10.8. The minimum atomic E-state index is 0.327. The minimum absolute atomic E-state index is 0.327. The molecule has 0 aliphatic heterocycles. The Kier molecular flexibility index (Phi) is 4.90. The monoisotopic (exact) mass is 292 g/mol. The fourth-order valence-corrected chi connectivity index (χ4v) is 2.31. The zero-order valence-corrected chi connectivity index (χ0v) is 12.9. The van der Waals surface area contributed by atoms with Gasteiger partial charge in [-0.2, -0.15) is 0 Å². The van der Waals surface area contributed by atoms with Crippen LogP contribution < -0.4 is 10.6 Å². The summed E-state index contributed by atoms with van der Waals surface area (Å²) < 4.78 is 2.12. The molecule has 108 valence electrons. The first-order chi connectivity index (χ1) is 9.61. The maximum Gasteiger partial charge on any atom is 0.128 e. The van der Waals surface area contributed by atoms with E-state index in [-0.39, 0.29) is 0 Å². The van der Waals surface area contributed by atoms with E-state index in [4.69, 9.17) is 11.6 Å². The molecule has 2 aromatic rings. The van der Waals surface area contributed by atoms with Crippen LogP contribution in [0, 0.1) is 0 Å². The molecule has 0 bridgehead atoms. The lowest BCUT2D eigenvalue weighted by Crippen LogP contribution is -2.13. The molecule has 1 heterocycles. The Bertz CT molecular complexity index is 563. The van der Waals surface area contributed by atoms with Crippen LogP contribution in [-0.2, 0) is 13.1 Å². The Morgan fingerprint density at radius 1 is 1.35 bits per heavy atom. The number of rotatable bonds is 6. The molecule has 0 atom stereocenters. The van der Waals surface area contributed by atoms with Crippen LogP contribution >= 0.6 is 11.6 Å². The molecule has 0 aliphatic carbocycles. The van der Waals surface area contributed by atoms with Crippen molar-refractivity contribution in [1.82, 2.24) is 9.55 Å². The maximum atomic E-state index is 6.27. The van der Waals surface area contributed by atoms with Gasteiger partial charge in [0.15, 0.2) is 0 Å². The molecule has 2 rings (SSSR count). The van der Waals surface area contributed by atoms with Gasteiger partial charge in [0, 0.05) is 25.0 Å². The highest BCUT2D eigenvalue weighted by atomic mass is 35.5. The summed E-state index contributed by atoms with van der Waals surface area (Å²) in [4.78, 5) is 4.36. The zero-order chi connectivity index (χ0) is 14.5. The van der Waals surface area contributed by atoms with Gasteiger partial charge in [-0.15, -0.1) is 0 Å². The lowest BCUT2D eigenvalue weighted by atomic mass is 10.2. The van der Waals surface area contributed by atoms with Gasteiger partial charge < -0.3 is 15.2 Å². The average Bonchev–Trinajstić information content (AvgIpc) is 2.86. The Hall–Kier alpha value is -1.68. The lowest BCUT2D eigenvalue weighted by molar-refractivity contribution is 0.708. The van der Waals surface area contributed by atoms with Gasteiger partial charge in [0.05, 0.1) is 22.9 Å². The molecule has 4 nitrogen and oxygen atoms in total. The molecule has 20 heavy (non-hydrogen) atoms. The van der Waals surface area contributed by atoms with E-state index in [0.29, 0.717) is 12.6 Å². The van der Waals surface area contributed by atoms with Gasteiger partial charge in [-0.25, -0.2) is 4.98 Å². The van der Waals surface area contributed by atoms with Crippen molar-refractivity contribution in [2.75, 3.05) is 10.6 Å². The Labute approximate surface area is 125 Å². The molecule has 0 radical (unpaired) electrons. The highest BCUT2D eigenvalue weighted by Crippen LogP contribution is 2.31. The third-order valence-electron chi connectivity index (χ3n) is 3.03. The maximum absolute atomic E-state index is 6.27. The summed E-state index contributed by atoms with van der Waals surface area (Å²) in [6.45, 7) is 7.89. The first-order valence-electron chi connectivity index (χ1n) is 6.90. The summed E-state index contributed by atoms with van der Waals surface area (Å²) in [6, 6.07) is 6.19. The second-order valence-electron chi connectivity index (χ2n) is 4.94. The number of aromatic nitrogens is 2. The summed E-state index contributed by atoms with van der Waals surface area (Å²) >= 11 is 6.27. The number of nitrogens with zero attached hydrogens (tertiary/aromatic N) is 2. The number of para-hydroxylation sites is 1. The highest BCUT2D eigenvalue weighted by Gasteiger charge is 2.09. The van der Waals surface area contributed by atoms with Crippen LogP contribution in [0.1, 0.15) is 26.6 Å². The molecule has 2 N–H and O–H groups in total. The lowest BCUT2D eigenvalue weighted by Gasteiger charge is -2.17. The van der Waals surface area contributed by atoms with Crippen molar-refractivity contribution in [2.45, 2.75) is 39.9 Å².